The number of para-hydroxylation sites is 2. The highest BCUT2D eigenvalue weighted by Crippen LogP contribution is 2.28. The van der Waals surface area contributed by atoms with Crippen molar-refractivity contribution in [2.24, 2.45) is 5.73 Å². The normalized spacial score (nSPS) is 15.0. The second-order valence-corrected chi connectivity index (χ2v) is 3.34. The van der Waals surface area contributed by atoms with E-state index in [4.69, 9.17) is 10.5 Å². The summed E-state index contributed by atoms with van der Waals surface area (Å²) >= 11 is 0. The minimum atomic E-state index is 0.780. The topological polar surface area (TPSA) is 38.5 Å². The van der Waals surface area contributed by atoms with Crippen molar-refractivity contribution < 1.29 is 4.74 Å². The SMILES string of the molecule is COc1ccccc1N1C=CC(N)=CC1. The molecule has 3 heteroatoms. The Hall–Kier alpha value is -1.90. The molecular weight excluding hydrogens is 188 g/mol. The molecule has 0 saturated carbocycles. The first kappa shape index (κ1) is 9.65. The van der Waals surface area contributed by atoms with Gasteiger partial charge in [-0.2, -0.15) is 0 Å². The molecular formula is C12H14N2O. The third kappa shape index (κ3) is 1.96. The van der Waals surface area contributed by atoms with E-state index < -0.39 is 0 Å². The van der Waals surface area contributed by atoms with Gasteiger partial charge in [0, 0.05) is 18.4 Å². The number of hydrogen-bond acceptors (Lipinski definition) is 3. The van der Waals surface area contributed by atoms with Crippen molar-refractivity contribution in [2.45, 2.75) is 0 Å². The summed E-state index contributed by atoms with van der Waals surface area (Å²) in [5.74, 6) is 0.871. The van der Waals surface area contributed by atoms with Gasteiger partial charge in [0.15, 0.2) is 0 Å². The first-order valence-electron chi connectivity index (χ1n) is 4.85. The van der Waals surface area contributed by atoms with Crippen molar-refractivity contribution in [3.05, 3.63) is 48.3 Å². The number of anilines is 1. The summed E-state index contributed by atoms with van der Waals surface area (Å²) in [5.41, 5.74) is 7.52. The Bertz CT molecular complexity index is 410. The van der Waals surface area contributed by atoms with Crippen molar-refractivity contribution in [3.63, 3.8) is 0 Å². The molecule has 0 amide bonds. The van der Waals surface area contributed by atoms with Gasteiger partial charge in [0.25, 0.3) is 0 Å². The molecule has 0 fully saturated rings. The number of allylic oxidation sites excluding steroid dienone is 1. The van der Waals surface area contributed by atoms with Crippen LogP contribution in [0, 0.1) is 0 Å². The fraction of sp³-hybridized carbons (Fsp3) is 0.167. The van der Waals surface area contributed by atoms with E-state index in [-0.39, 0.29) is 0 Å². The lowest BCUT2D eigenvalue weighted by molar-refractivity contribution is 0.415. The molecule has 1 aromatic rings. The van der Waals surface area contributed by atoms with Gasteiger partial charge in [-0.3, -0.25) is 0 Å². The molecule has 0 unspecified atom stereocenters. The lowest BCUT2D eigenvalue weighted by Crippen LogP contribution is -2.20. The average Bonchev–Trinajstić information content (AvgIpc) is 2.30. The van der Waals surface area contributed by atoms with Crippen LogP contribution in [0.3, 0.4) is 0 Å². The zero-order chi connectivity index (χ0) is 10.7. The molecule has 1 aliphatic rings. The molecule has 0 spiro atoms. The zero-order valence-electron chi connectivity index (χ0n) is 8.68. The van der Waals surface area contributed by atoms with Gasteiger partial charge in [0.05, 0.1) is 12.8 Å². The molecule has 0 atom stereocenters. The monoisotopic (exact) mass is 202 g/mol. The summed E-state index contributed by atoms with van der Waals surface area (Å²) in [6.45, 7) is 0.780. The van der Waals surface area contributed by atoms with Crippen molar-refractivity contribution >= 4 is 5.69 Å². The Balaban J connectivity index is 2.27. The number of hydrogen-bond donors (Lipinski definition) is 1. The number of ether oxygens (including phenoxy) is 1. The molecule has 15 heavy (non-hydrogen) atoms. The molecule has 2 N–H and O–H groups in total. The standard InChI is InChI=1S/C12H14N2O/c1-15-12-5-3-2-4-11(12)14-8-6-10(13)7-9-14/h2-8H,9,13H2,1H3. The van der Waals surface area contributed by atoms with Crippen LogP contribution in [0.25, 0.3) is 0 Å². The molecule has 1 heterocycles. The smallest absolute Gasteiger partial charge is 0.142 e. The molecule has 78 valence electrons. The third-order valence-corrected chi connectivity index (χ3v) is 2.37. The maximum Gasteiger partial charge on any atom is 0.142 e. The molecule has 1 aliphatic heterocycles. The Morgan fingerprint density at radius 1 is 1.33 bits per heavy atom. The van der Waals surface area contributed by atoms with E-state index in [0.29, 0.717) is 0 Å². The maximum absolute atomic E-state index is 5.66. The number of benzene rings is 1. The van der Waals surface area contributed by atoms with E-state index in [2.05, 4.69) is 4.90 Å². The highest BCUT2D eigenvalue weighted by Gasteiger charge is 2.09. The number of methoxy groups -OCH3 is 1. The first-order chi connectivity index (χ1) is 7.31. The van der Waals surface area contributed by atoms with Gasteiger partial charge in [0.1, 0.15) is 5.75 Å². The summed E-state index contributed by atoms with van der Waals surface area (Å²) < 4.78 is 5.30. The van der Waals surface area contributed by atoms with Crippen LogP contribution in [0.15, 0.2) is 48.3 Å². The van der Waals surface area contributed by atoms with Crippen LogP contribution in [0.4, 0.5) is 5.69 Å². The van der Waals surface area contributed by atoms with Gasteiger partial charge in [-0.1, -0.05) is 12.1 Å². The van der Waals surface area contributed by atoms with E-state index >= 15 is 0 Å². The van der Waals surface area contributed by atoms with Crippen molar-refractivity contribution in [2.75, 3.05) is 18.6 Å². The van der Waals surface area contributed by atoms with Gasteiger partial charge < -0.3 is 15.4 Å². The summed E-state index contributed by atoms with van der Waals surface area (Å²) in [5, 5.41) is 0. The molecule has 0 aliphatic carbocycles. The Morgan fingerprint density at radius 3 is 2.80 bits per heavy atom. The quantitative estimate of drug-likeness (QED) is 0.795. The fourth-order valence-electron chi connectivity index (χ4n) is 1.55. The summed E-state index contributed by atoms with van der Waals surface area (Å²) in [4.78, 5) is 2.09. The Labute approximate surface area is 89.4 Å². The van der Waals surface area contributed by atoms with Crippen LogP contribution in [0.1, 0.15) is 0 Å². The summed E-state index contributed by atoms with van der Waals surface area (Å²) in [6, 6.07) is 7.93. The maximum atomic E-state index is 5.66. The van der Waals surface area contributed by atoms with Gasteiger partial charge in [0.2, 0.25) is 0 Å². The van der Waals surface area contributed by atoms with E-state index in [9.17, 15) is 0 Å². The predicted molar refractivity (Wildman–Crippen MR) is 61.8 cm³/mol. The highest BCUT2D eigenvalue weighted by molar-refractivity contribution is 5.61. The second-order valence-electron chi connectivity index (χ2n) is 3.34. The zero-order valence-corrected chi connectivity index (χ0v) is 8.68. The Morgan fingerprint density at radius 2 is 2.13 bits per heavy atom. The van der Waals surface area contributed by atoms with Crippen LogP contribution in [-0.4, -0.2) is 13.7 Å². The summed E-state index contributed by atoms with van der Waals surface area (Å²) in [6.07, 6.45) is 5.83. The van der Waals surface area contributed by atoms with Crippen molar-refractivity contribution in [1.82, 2.24) is 0 Å². The van der Waals surface area contributed by atoms with E-state index in [0.717, 1.165) is 23.7 Å². The van der Waals surface area contributed by atoms with Crippen LogP contribution >= 0.6 is 0 Å². The minimum absolute atomic E-state index is 0.780. The molecule has 2 rings (SSSR count). The number of nitrogens with zero attached hydrogens (tertiary/aromatic N) is 1. The van der Waals surface area contributed by atoms with E-state index in [1.807, 2.05) is 42.6 Å². The van der Waals surface area contributed by atoms with Gasteiger partial charge >= 0.3 is 0 Å². The molecule has 0 bridgehead atoms. The van der Waals surface area contributed by atoms with Gasteiger partial charge in [-0.05, 0) is 24.3 Å². The fourth-order valence-corrected chi connectivity index (χ4v) is 1.55. The molecule has 1 aromatic carbocycles. The van der Waals surface area contributed by atoms with Crippen LogP contribution in [-0.2, 0) is 0 Å². The van der Waals surface area contributed by atoms with Crippen molar-refractivity contribution in [1.29, 1.82) is 0 Å². The lowest BCUT2D eigenvalue weighted by atomic mass is 10.2. The number of nitrogens with two attached hydrogens (primary N) is 1. The van der Waals surface area contributed by atoms with Crippen LogP contribution < -0.4 is 15.4 Å². The molecule has 0 saturated heterocycles. The lowest BCUT2D eigenvalue weighted by Gasteiger charge is -2.23. The molecule has 0 radical (unpaired) electrons. The van der Waals surface area contributed by atoms with Crippen LogP contribution in [0.2, 0.25) is 0 Å². The highest BCUT2D eigenvalue weighted by atomic mass is 16.5. The third-order valence-electron chi connectivity index (χ3n) is 2.37. The van der Waals surface area contributed by atoms with Crippen molar-refractivity contribution in [3.8, 4) is 5.75 Å². The minimum Gasteiger partial charge on any atom is -0.495 e. The van der Waals surface area contributed by atoms with E-state index in [1.54, 1.807) is 7.11 Å². The van der Waals surface area contributed by atoms with Gasteiger partial charge in [-0.15, -0.1) is 0 Å². The number of rotatable bonds is 2. The largest absolute Gasteiger partial charge is 0.495 e. The second kappa shape index (κ2) is 4.09. The van der Waals surface area contributed by atoms with Crippen LogP contribution in [0.5, 0.6) is 5.75 Å². The summed E-state index contributed by atoms with van der Waals surface area (Å²) in [7, 11) is 1.68. The predicted octanol–water partition coefficient (Wildman–Crippen LogP) is 1.87. The first-order valence-corrected chi connectivity index (χ1v) is 4.85. The molecule has 3 nitrogen and oxygen atoms in total. The average molecular weight is 202 g/mol. The Kier molecular flexibility index (Phi) is 2.63. The van der Waals surface area contributed by atoms with E-state index in [1.165, 1.54) is 0 Å². The molecule has 0 aromatic heterocycles. The van der Waals surface area contributed by atoms with Gasteiger partial charge in [-0.25, -0.2) is 0 Å².